The lowest BCUT2D eigenvalue weighted by atomic mass is 9.94. The van der Waals surface area contributed by atoms with Crippen molar-refractivity contribution in [3.05, 3.63) is 158 Å². The molecule has 6 aromatic carbocycles. The Balaban J connectivity index is 1.28. The summed E-state index contributed by atoms with van der Waals surface area (Å²) in [6, 6.07) is 52.7. The Morgan fingerprint density at radius 3 is 1.66 bits per heavy atom. The second kappa shape index (κ2) is 11.4. The molecular weight excluding hydrogens is 593 g/mol. The quantitative estimate of drug-likeness (QED) is 0.193. The van der Waals surface area contributed by atoms with Crippen molar-refractivity contribution in [3.63, 3.8) is 0 Å². The van der Waals surface area contributed by atoms with Gasteiger partial charge >= 0.3 is 0 Å². The summed E-state index contributed by atoms with van der Waals surface area (Å²) >= 11 is 1.73. The van der Waals surface area contributed by atoms with Crippen LogP contribution in [0.5, 0.6) is 0 Å². The van der Waals surface area contributed by atoms with E-state index in [4.69, 9.17) is 19.9 Å². The van der Waals surface area contributed by atoms with Gasteiger partial charge in [-0.1, -0.05) is 115 Å². The fraction of sp³-hybridized carbons (Fsp3) is 0. The predicted molar refractivity (Wildman–Crippen MR) is 195 cm³/mol. The number of rotatable bonds is 5. The molecule has 9 rings (SSSR count). The summed E-state index contributed by atoms with van der Waals surface area (Å²) < 4.78 is 1.24. The van der Waals surface area contributed by atoms with E-state index in [1.165, 1.54) is 26.2 Å². The highest BCUT2D eigenvalue weighted by molar-refractivity contribution is 7.25. The molecule has 0 fully saturated rings. The second-order valence-corrected chi connectivity index (χ2v) is 12.6. The Morgan fingerprint density at radius 1 is 0.362 bits per heavy atom. The highest BCUT2D eigenvalue weighted by atomic mass is 32.1. The molecule has 0 N–H and O–H groups in total. The fourth-order valence-electron chi connectivity index (χ4n) is 6.16. The molecule has 0 saturated carbocycles. The topological polar surface area (TPSA) is 51.6 Å². The number of pyridine rings is 1. The molecule has 0 spiro atoms. The van der Waals surface area contributed by atoms with Crippen LogP contribution in [-0.2, 0) is 0 Å². The van der Waals surface area contributed by atoms with Gasteiger partial charge in [-0.05, 0) is 63.9 Å². The lowest BCUT2D eigenvalue weighted by molar-refractivity contribution is 1.07. The molecule has 0 saturated heterocycles. The van der Waals surface area contributed by atoms with E-state index in [2.05, 4.69) is 91.0 Å². The molecule has 0 radical (unpaired) electrons. The monoisotopic (exact) mass is 618 g/mol. The van der Waals surface area contributed by atoms with Crippen LogP contribution in [0.4, 0.5) is 0 Å². The van der Waals surface area contributed by atoms with Gasteiger partial charge in [0.05, 0.1) is 0 Å². The molecule has 0 amide bonds. The van der Waals surface area contributed by atoms with E-state index >= 15 is 0 Å². The molecule has 5 heteroatoms. The summed E-state index contributed by atoms with van der Waals surface area (Å²) in [5, 5.41) is 4.80. The van der Waals surface area contributed by atoms with Crippen LogP contribution < -0.4 is 0 Å². The maximum atomic E-state index is 5.07. The maximum absolute atomic E-state index is 5.07. The fourth-order valence-corrected chi connectivity index (χ4v) is 7.19. The predicted octanol–water partition coefficient (Wildman–Crippen LogP) is 11.1. The summed E-state index contributed by atoms with van der Waals surface area (Å²) in [7, 11) is 0. The Hall–Kier alpha value is -6.04. The van der Waals surface area contributed by atoms with Gasteiger partial charge in [0.1, 0.15) is 4.83 Å². The molecule has 3 aromatic heterocycles. The van der Waals surface area contributed by atoms with Crippen molar-refractivity contribution < 1.29 is 0 Å². The number of benzene rings is 6. The van der Waals surface area contributed by atoms with Crippen molar-refractivity contribution in [1.82, 2.24) is 19.9 Å². The zero-order chi connectivity index (χ0) is 31.2. The van der Waals surface area contributed by atoms with Gasteiger partial charge in [-0.3, -0.25) is 0 Å². The van der Waals surface area contributed by atoms with Crippen LogP contribution >= 0.6 is 11.3 Å². The molecule has 47 heavy (non-hydrogen) atoms. The Labute approximate surface area is 275 Å². The first-order valence-electron chi connectivity index (χ1n) is 15.5. The lowest BCUT2D eigenvalue weighted by Crippen LogP contribution is -2.00. The number of thiophene rings is 1. The van der Waals surface area contributed by atoms with E-state index < -0.39 is 0 Å². The van der Waals surface area contributed by atoms with Gasteiger partial charge in [0.15, 0.2) is 17.5 Å². The van der Waals surface area contributed by atoms with Gasteiger partial charge in [-0.25, -0.2) is 19.9 Å². The largest absolute Gasteiger partial charge is 0.245 e. The first-order valence-corrected chi connectivity index (χ1v) is 16.4. The van der Waals surface area contributed by atoms with Gasteiger partial charge in [0.2, 0.25) is 0 Å². The molecule has 0 atom stereocenters. The molecule has 0 unspecified atom stereocenters. The van der Waals surface area contributed by atoms with Crippen LogP contribution in [0.15, 0.2) is 158 Å². The smallest absolute Gasteiger partial charge is 0.164 e. The van der Waals surface area contributed by atoms with Crippen LogP contribution in [0.1, 0.15) is 0 Å². The number of aromatic nitrogens is 4. The molecule has 9 aromatic rings. The first kappa shape index (κ1) is 27.3. The summed E-state index contributed by atoms with van der Waals surface area (Å²) in [4.78, 5) is 21.0. The van der Waals surface area contributed by atoms with E-state index in [0.717, 1.165) is 43.8 Å². The Kier molecular flexibility index (Phi) is 6.61. The van der Waals surface area contributed by atoms with Crippen molar-refractivity contribution in [3.8, 4) is 56.4 Å². The minimum absolute atomic E-state index is 0.622. The summed E-state index contributed by atoms with van der Waals surface area (Å²) in [5.41, 5.74) is 7.11. The van der Waals surface area contributed by atoms with E-state index in [-0.39, 0.29) is 0 Å². The van der Waals surface area contributed by atoms with Crippen molar-refractivity contribution in [2.24, 2.45) is 0 Å². The zero-order valence-electron chi connectivity index (χ0n) is 25.2. The molecule has 220 valence electrons. The van der Waals surface area contributed by atoms with Gasteiger partial charge in [-0.2, -0.15) is 0 Å². The lowest BCUT2D eigenvalue weighted by Gasteiger charge is -2.13. The Bertz CT molecular complexity index is 2520. The van der Waals surface area contributed by atoms with E-state index in [1.807, 2.05) is 66.9 Å². The molecule has 0 bridgehead atoms. The molecule has 4 nitrogen and oxygen atoms in total. The number of hydrogen-bond acceptors (Lipinski definition) is 5. The van der Waals surface area contributed by atoms with Gasteiger partial charge in [0.25, 0.3) is 0 Å². The summed E-state index contributed by atoms with van der Waals surface area (Å²) in [5.74, 6) is 1.90. The third kappa shape index (κ3) is 5.13. The normalized spacial score (nSPS) is 11.4. The van der Waals surface area contributed by atoms with E-state index in [0.29, 0.717) is 17.5 Å². The van der Waals surface area contributed by atoms with Crippen molar-refractivity contribution in [2.75, 3.05) is 0 Å². The van der Waals surface area contributed by atoms with Gasteiger partial charge in [0, 0.05) is 43.9 Å². The van der Waals surface area contributed by atoms with Crippen LogP contribution in [0.2, 0.25) is 0 Å². The SMILES string of the molecule is c1ccc(-c2nc(-c3ccccc3)nc(-c3cc(-c4ccc5ccccc5c4)cc(-c4cnc5sc6ccccc6c5c4)c3)n2)cc1. The van der Waals surface area contributed by atoms with Crippen molar-refractivity contribution >= 4 is 42.4 Å². The average Bonchev–Trinajstić information content (AvgIpc) is 3.53. The molecule has 0 aliphatic rings. The van der Waals surface area contributed by atoms with Crippen LogP contribution in [0.25, 0.3) is 87.5 Å². The van der Waals surface area contributed by atoms with Gasteiger partial charge in [-0.15, -0.1) is 11.3 Å². The standard InChI is InChI=1S/C42H26N4S/c1-3-12-28(13-4-1)39-44-40(29-14-5-2-6-15-29)46-41(45-39)34-23-32(31-20-19-27-11-7-8-16-30(27)21-31)22-33(24-34)35-25-37-36-17-9-10-18-38(36)47-42(37)43-26-35/h1-26H. The summed E-state index contributed by atoms with van der Waals surface area (Å²) in [6.45, 7) is 0. The van der Waals surface area contributed by atoms with Crippen molar-refractivity contribution in [2.45, 2.75) is 0 Å². The molecule has 0 aliphatic heterocycles. The minimum Gasteiger partial charge on any atom is -0.245 e. The number of nitrogens with zero attached hydrogens (tertiary/aromatic N) is 4. The van der Waals surface area contributed by atoms with E-state index in [9.17, 15) is 0 Å². The minimum atomic E-state index is 0.622. The van der Waals surface area contributed by atoms with Crippen LogP contribution in [-0.4, -0.2) is 19.9 Å². The highest BCUT2D eigenvalue weighted by Gasteiger charge is 2.16. The molecule has 3 heterocycles. The summed E-state index contributed by atoms with van der Waals surface area (Å²) in [6.07, 6.45) is 1.99. The number of fused-ring (bicyclic) bond motifs is 4. The molecule has 0 aliphatic carbocycles. The number of hydrogen-bond donors (Lipinski definition) is 0. The van der Waals surface area contributed by atoms with Crippen molar-refractivity contribution in [1.29, 1.82) is 0 Å². The maximum Gasteiger partial charge on any atom is 0.164 e. The van der Waals surface area contributed by atoms with Crippen LogP contribution in [0, 0.1) is 0 Å². The van der Waals surface area contributed by atoms with Gasteiger partial charge < -0.3 is 0 Å². The van der Waals surface area contributed by atoms with E-state index in [1.54, 1.807) is 11.3 Å². The average molecular weight is 619 g/mol. The second-order valence-electron chi connectivity index (χ2n) is 11.6. The Morgan fingerprint density at radius 2 is 0.936 bits per heavy atom. The third-order valence-corrected chi connectivity index (χ3v) is 9.64. The molecular formula is C42H26N4S. The first-order chi connectivity index (χ1) is 23.2. The highest BCUT2D eigenvalue weighted by Crippen LogP contribution is 2.38. The third-order valence-electron chi connectivity index (χ3n) is 8.54. The zero-order valence-corrected chi connectivity index (χ0v) is 26.0. The van der Waals surface area contributed by atoms with Crippen LogP contribution in [0.3, 0.4) is 0 Å².